The first-order valence-corrected chi connectivity index (χ1v) is 12.9. The summed E-state index contributed by atoms with van der Waals surface area (Å²) in [6, 6.07) is 0. The standard InChI is InChI=1S/C10H18O7S4Si2/c1-11-22(12-2,7-5-20-9(18)15-7)17-23(13-3,14-4)8-6-21-10(19)16-8/h7-8H,5-6H2,1-4H3. The number of ether oxygens (including phenoxy) is 2. The second-order valence-electron chi connectivity index (χ2n) is 4.46. The highest BCUT2D eigenvalue weighted by molar-refractivity contribution is 8.23. The van der Waals surface area contributed by atoms with Gasteiger partial charge in [0.2, 0.25) is 8.77 Å². The lowest BCUT2D eigenvalue weighted by Crippen LogP contribution is -2.68. The van der Waals surface area contributed by atoms with Crippen molar-refractivity contribution in [2.75, 3.05) is 39.9 Å². The van der Waals surface area contributed by atoms with Crippen molar-refractivity contribution in [3.63, 3.8) is 0 Å². The quantitative estimate of drug-likeness (QED) is 0.411. The smallest absolute Gasteiger partial charge is 0.470 e. The normalized spacial score (nSPS) is 25.6. The van der Waals surface area contributed by atoms with Crippen LogP contribution in [0.1, 0.15) is 0 Å². The third-order valence-corrected chi connectivity index (χ3v) is 13.3. The molecular formula is C10H18O7S4Si2. The molecule has 0 saturated carbocycles. The molecule has 2 aliphatic rings. The first-order valence-electron chi connectivity index (χ1n) is 6.53. The minimum atomic E-state index is -3.27. The molecule has 7 nitrogen and oxygen atoms in total. The van der Waals surface area contributed by atoms with Crippen LogP contribution in [0.15, 0.2) is 0 Å². The van der Waals surface area contributed by atoms with Crippen molar-refractivity contribution < 1.29 is 31.3 Å². The Morgan fingerprint density at radius 2 is 1.17 bits per heavy atom. The van der Waals surface area contributed by atoms with Crippen molar-refractivity contribution in [3.8, 4) is 0 Å². The predicted molar refractivity (Wildman–Crippen MR) is 100 cm³/mol. The van der Waals surface area contributed by atoms with Crippen molar-refractivity contribution in [1.82, 2.24) is 0 Å². The number of thiocarbonyl (C=S) groups is 2. The van der Waals surface area contributed by atoms with E-state index in [1.165, 1.54) is 52.0 Å². The molecule has 13 heteroatoms. The SMILES string of the molecule is CO[Si](OC)(O[Si](OC)(OC)C1CSC(=S)O1)C1CSC(=S)O1. The second-order valence-corrected chi connectivity index (χ2v) is 13.9. The van der Waals surface area contributed by atoms with Gasteiger partial charge in [-0.15, -0.1) is 0 Å². The number of rotatable bonds is 8. The summed E-state index contributed by atoms with van der Waals surface area (Å²) in [6.45, 7) is 0. The Hall–Kier alpha value is 0.714. The van der Waals surface area contributed by atoms with Gasteiger partial charge in [-0.3, -0.25) is 0 Å². The van der Waals surface area contributed by atoms with E-state index >= 15 is 0 Å². The molecule has 0 radical (unpaired) electrons. The third kappa shape index (κ3) is 4.11. The number of hydrogen-bond acceptors (Lipinski definition) is 11. The molecule has 0 aromatic carbocycles. The molecule has 132 valence electrons. The molecular weight excluding hydrogens is 417 g/mol. The van der Waals surface area contributed by atoms with E-state index in [2.05, 4.69) is 0 Å². The van der Waals surface area contributed by atoms with Gasteiger partial charge in [-0.05, 0) is 24.4 Å². The predicted octanol–water partition coefficient (Wildman–Crippen LogP) is 1.38. The molecule has 2 aliphatic heterocycles. The van der Waals surface area contributed by atoms with Crippen LogP contribution in [0.3, 0.4) is 0 Å². The summed E-state index contributed by atoms with van der Waals surface area (Å²) in [4.78, 5) is 0. The average molecular weight is 435 g/mol. The summed E-state index contributed by atoms with van der Waals surface area (Å²) in [5.41, 5.74) is -0.846. The van der Waals surface area contributed by atoms with Crippen LogP contribution in [0.2, 0.25) is 0 Å². The van der Waals surface area contributed by atoms with Crippen molar-refractivity contribution in [2.24, 2.45) is 0 Å². The fraction of sp³-hybridized carbons (Fsp3) is 0.800. The Morgan fingerprint density at radius 1 is 0.826 bits per heavy atom. The minimum absolute atomic E-state index is 0.423. The molecule has 0 aromatic rings. The van der Waals surface area contributed by atoms with E-state index in [0.717, 1.165) is 0 Å². The molecule has 2 fully saturated rings. The van der Waals surface area contributed by atoms with E-state index in [4.69, 9.17) is 55.7 Å². The molecule has 0 amide bonds. The fourth-order valence-electron chi connectivity index (χ4n) is 2.19. The molecule has 23 heavy (non-hydrogen) atoms. The van der Waals surface area contributed by atoms with Crippen LogP contribution in [0.5, 0.6) is 0 Å². The zero-order valence-electron chi connectivity index (χ0n) is 13.1. The molecule has 0 spiro atoms. The lowest BCUT2D eigenvalue weighted by molar-refractivity contribution is 0.0371. The summed E-state index contributed by atoms with van der Waals surface area (Å²) in [5, 5.41) is 0. The lowest BCUT2D eigenvalue weighted by Gasteiger charge is -2.38. The summed E-state index contributed by atoms with van der Waals surface area (Å²) in [7, 11) is -0.468. The number of thioether (sulfide) groups is 2. The zero-order chi connectivity index (χ0) is 17.1. The Morgan fingerprint density at radius 3 is 1.39 bits per heavy atom. The topological polar surface area (TPSA) is 64.6 Å². The van der Waals surface area contributed by atoms with Gasteiger partial charge in [0.05, 0.1) is 0 Å². The van der Waals surface area contributed by atoms with Crippen LogP contribution in [-0.2, 0) is 31.3 Å². The van der Waals surface area contributed by atoms with E-state index in [0.29, 0.717) is 20.3 Å². The van der Waals surface area contributed by atoms with Gasteiger partial charge >= 0.3 is 17.6 Å². The Kier molecular flexibility index (Phi) is 7.31. The lowest BCUT2D eigenvalue weighted by atomic mass is 10.8. The molecule has 2 unspecified atom stereocenters. The van der Waals surface area contributed by atoms with Crippen LogP contribution in [-0.4, -0.2) is 77.8 Å². The first kappa shape index (κ1) is 20.0. The Bertz CT molecular complexity index is 420. The van der Waals surface area contributed by atoms with Gasteiger partial charge < -0.3 is 31.3 Å². The summed E-state index contributed by atoms with van der Waals surface area (Å²) >= 11 is 13.0. The van der Waals surface area contributed by atoms with E-state index in [1.807, 2.05) is 0 Å². The minimum Gasteiger partial charge on any atom is -0.470 e. The van der Waals surface area contributed by atoms with Gasteiger partial charge in [-0.1, -0.05) is 23.5 Å². The van der Waals surface area contributed by atoms with E-state index in [9.17, 15) is 0 Å². The van der Waals surface area contributed by atoms with E-state index in [1.54, 1.807) is 0 Å². The van der Waals surface area contributed by atoms with Crippen LogP contribution in [0, 0.1) is 0 Å². The highest BCUT2D eigenvalue weighted by atomic mass is 32.2. The van der Waals surface area contributed by atoms with Crippen molar-refractivity contribution >= 4 is 74.3 Å². The first-order chi connectivity index (χ1) is 10.9. The highest BCUT2D eigenvalue weighted by Crippen LogP contribution is 2.35. The molecule has 0 aromatic heterocycles. The van der Waals surface area contributed by atoms with Gasteiger partial charge in [-0.25, -0.2) is 0 Å². The molecule has 0 bridgehead atoms. The maximum atomic E-state index is 6.28. The van der Waals surface area contributed by atoms with Crippen LogP contribution in [0.25, 0.3) is 0 Å². The van der Waals surface area contributed by atoms with Crippen LogP contribution >= 0.6 is 48.0 Å². The van der Waals surface area contributed by atoms with E-state index < -0.39 is 29.1 Å². The molecule has 2 atom stereocenters. The average Bonchev–Trinajstić information content (AvgIpc) is 3.19. The van der Waals surface area contributed by atoms with Gasteiger partial charge in [0.25, 0.3) is 0 Å². The Labute approximate surface area is 156 Å². The third-order valence-electron chi connectivity index (χ3n) is 3.39. The maximum Gasteiger partial charge on any atom is 0.537 e. The largest absolute Gasteiger partial charge is 0.537 e. The zero-order valence-corrected chi connectivity index (χ0v) is 18.3. The fourth-order valence-corrected chi connectivity index (χ4v) is 12.3. The summed E-state index contributed by atoms with van der Waals surface area (Å²) in [5.74, 6) is 1.17. The number of hydrogen-bond donors (Lipinski definition) is 0. The van der Waals surface area contributed by atoms with Gasteiger partial charge in [0.15, 0.2) is 11.5 Å². The molecule has 2 rings (SSSR count). The maximum absolute atomic E-state index is 6.28. The molecule has 2 saturated heterocycles. The van der Waals surface area contributed by atoms with Gasteiger partial charge in [-0.2, -0.15) is 0 Å². The van der Waals surface area contributed by atoms with Gasteiger partial charge in [0, 0.05) is 39.9 Å². The summed E-state index contributed by atoms with van der Waals surface area (Å²) in [6.07, 6.45) is 0. The monoisotopic (exact) mass is 434 g/mol. The van der Waals surface area contributed by atoms with Crippen LogP contribution in [0.4, 0.5) is 0 Å². The molecule has 2 heterocycles. The Balaban J connectivity index is 2.27. The summed E-state index contributed by atoms with van der Waals surface area (Å²) < 4.78 is 41.0. The molecule has 0 aliphatic carbocycles. The molecule has 0 N–H and O–H groups in total. The highest BCUT2D eigenvalue weighted by Gasteiger charge is 2.64. The van der Waals surface area contributed by atoms with Gasteiger partial charge in [0.1, 0.15) is 0 Å². The van der Waals surface area contributed by atoms with Crippen molar-refractivity contribution in [1.29, 1.82) is 0 Å². The van der Waals surface area contributed by atoms with E-state index in [-0.39, 0.29) is 0 Å². The van der Waals surface area contributed by atoms with Crippen molar-refractivity contribution in [3.05, 3.63) is 0 Å². The van der Waals surface area contributed by atoms with Crippen molar-refractivity contribution in [2.45, 2.75) is 11.5 Å². The van der Waals surface area contributed by atoms with Crippen LogP contribution < -0.4 is 0 Å². The second kappa shape index (κ2) is 8.40.